The number of aromatic nitrogens is 3. The first-order valence-corrected chi connectivity index (χ1v) is 9.85. The van der Waals surface area contributed by atoms with Gasteiger partial charge in [-0.1, -0.05) is 39.8 Å². The molecule has 0 bridgehead atoms. The Hall–Kier alpha value is -1.54. The molecule has 2 N–H and O–H groups in total. The van der Waals surface area contributed by atoms with Crippen molar-refractivity contribution in [2.45, 2.75) is 57.1 Å². The minimum absolute atomic E-state index is 0.0699. The fourth-order valence-electron chi connectivity index (χ4n) is 2.71. The number of rotatable bonds is 6. The molecule has 0 aliphatic heterocycles. The van der Waals surface area contributed by atoms with Crippen LogP contribution in [0.4, 0.5) is 0 Å². The van der Waals surface area contributed by atoms with E-state index in [0.29, 0.717) is 11.0 Å². The summed E-state index contributed by atoms with van der Waals surface area (Å²) in [4.78, 5) is 14.7. The number of benzene rings is 1. The van der Waals surface area contributed by atoms with E-state index in [1.165, 1.54) is 16.4 Å². The molecule has 6 nitrogen and oxygen atoms in total. The summed E-state index contributed by atoms with van der Waals surface area (Å²) < 4.78 is 2.32. The fourth-order valence-corrected chi connectivity index (χ4v) is 4.00. The number of thioether (sulfide) groups is 1. The van der Waals surface area contributed by atoms with Gasteiger partial charge in [0, 0.05) is 22.1 Å². The average molecular weight is 426 g/mol. The molecule has 0 saturated heterocycles. The molecule has 2 aromatic rings. The van der Waals surface area contributed by atoms with Crippen LogP contribution in [-0.2, 0) is 4.79 Å². The maximum absolute atomic E-state index is 12.8. The van der Waals surface area contributed by atoms with E-state index in [1.807, 2.05) is 63.8 Å². The first-order valence-electron chi connectivity index (χ1n) is 8.18. The second kappa shape index (κ2) is 8.23. The van der Waals surface area contributed by atoms with Crippen LogP contribution >= 0.6 is 27.7 Å². The van der Waals surface area contributed by atoms with Gasteiger partial charge in [0.2, 0.25) is 11.1 Å². The van der Waals surface area contributed by atoms with E-state index in [9.17, 15) is 4.79 Å². The van der Waals surface area contributed by atoms with Crippen molar-refractivity contribution in [1.29, 1.82) is 0 Å². The molecule has 1 atom stereocenters. The predicted octanol–water partition coefficient (Wildman–Crippen LogP) is 3.55. The van der Waals surface area contributed by atoms with E-state index in [2.05, 4.69) is 26.1 Å². The summed E-state index contributed by atoms with van der Waals surface area (Å²) in [6, 6.07) is 7.96. The maximum Gasteiger partial charge on any atom is 0.236 e. The van der Waals surface area contributed by atoms with Crippen molar-refractivity contribution in [1.82, 2.24) is 19.8 Å². The standard InChI is InChI=1S/C17H24BrN5OS/c1-10(2)22(11(3)4)16(24)12(5)25-17-21-20-15(23(17)19)13-8-6-7-9-14(13)18/h6-12H,19H2,1-5H3. The zero-order valence-corrected chi connectivity index (χ0v) is 17.5. The van der Waals surface area contributed by atoms with Crippen LogP contribution in [0.25, 0.3) is 11.4 Å². The topological polar surface area (TPSA) is 77.0 Å². The summed E-state index contributed by atoms with van der Waals surface area (Å²) in [5.74, 6) is 6.80. The number of halogens is 1. The van der Waals surface area contributed by atoms with Gasteiger partial charge in [-0.3, -0.25) is 4.79 Å². The van der Waals surface area contributed by atoms with E-state index in [0.717, 1.165) is 10.0 Å². The minimum atomic E-state index is -0.302. The van der Waals surface area contributed by atoms with Gasteiger partial charge in [0.1, 0.15) is 0 Å². The monoisotopic (exact) mass is 425 g/mol. The molecule has 0 fully saturated rings. The van der Waals surface area contributed by atoms with Gasteiger partial charge < -0.3 is 10.7 Å². The number of nitrogens with two attached hydrogens (primary N) is 1. The number of carbonyl (C=O) groups is 1. The van der Waals surface area contributed by atoms with E-state index in [4.69, 9.17) is 5.84 Å². The molecule has 136 valence electrons. The highest BCUT2D eigenvalue weighted by molar-refractivity contribution is 9.10. The van der Waals surface area contributed by atoms with Crippen molar-refractivity contribution in [3.8, 4) is 11.4 Å². The zero-order chi connectivity index (χ0) is 18.7. The lowest BCUT2D eigenvalue weighted by Gasteiger charge is -2.32. The van der Waals surface area contributed by atoms with Crippen molar-refractivity contribution < 1.29 is 4.79 Å². The molecule has 0 radical (unpaired) electrons. The third-order valence-electron chi connectivity index (χ3n) is 3.78. The van der Waals surface area contributed by atoms with E-state index >= 15 is 0 Å². The van der Waals surface area contributed by atoms with Crippen LogP contribution in [0.1, 0.15) is 34.6 Å². The van der Waals surface area contributed by atoms with Crippen molar-refractivity contribution in [3.05, 3.63) is 28.7 Å². The molecule has 8 heteroatoms. The highest BCUT2D eigenvalue weighted by Gasteiger charge is 2.27. The molecule has 1 aromatic heterocycles. The van der Waals surface area contributed by atoms with Crippen molar-refractivity contribution in [2.75, 3.05) is 5.84 Å². The molecule has 0 aliphatic rings. The molecule has 1 aromatic carbocycles. The summed E-state index contributed by atoms with van der Waals surface area (Å²) in [7, 11) is 0. The molecule has 25 heavy (non-hydrogen) atoms. The van der Waals surface area contributed by atoms with Gasteiger partial charge in [-0.05, 0) is 46.8 Å². The summed E-state index contributed by atoms with van der Waals surface area (Å²) in [6.07, 6.45) is 0. The van der Waals surface area contributed by atoms with Gasteiger partial charge in [-0.2, -0.15) is 0 Å². The van der Waals surface area contributed by atoms with Gasteiger partial charge in [-0.15, -0.1) is 10.2 Å². The number of amides is 1. The van der Waals surface area contributed by atoms with Crippen LogP contribution in [0.5, 0.6) is 0 Å². The summed E-state index contributed by atoms with van der Waals surface area (Å²) >= 11 is 4.82. The Kier molecular flexibility index (Phi) is 6.51. The lowest BCUT2D eigenvalue weighted by Crippen LogP contribution is -2.45. The molecule has 1 heterocycles. The van der Waals surface area contributed by atoms with Crippen LogP contribution in [0.15, 0.2) is 33.9 Å². The van der Waals surface area contributed by atoms with Crippen molar-refractivity contribution in [3.63, 3.8) is 0 Å². The Morgan fingerprint density at radius 2 is 1.76 bits per heavy atom. The van der Waals surface area contributed by atoms with Crippen molar-refractivity contribution >= 4 is 33.6 Å². The lowest BCUT2D eigenvalue weighted by atomic mass is 10.2. The second-order valence-electron chi connectivity index (χ2n) is 6.35. The van der Waals surface area contributed by atoms with Crippen LogP contribution in [0.2, 0.25) is 0 Å². The van der Waals surface area contributed by atoms with Crippen LogP contribution in [0.3, 0.4) is 0 Å². The summed E-state index contributed by atoms with van der Waals surface area (Å²) in [5.41, 5.74) is 0.856. The molecular weight excluding hydrogens is 402 g/mol. The smallest absolute Gasteiger partial charge is 0.236 e. The first-order chi connectivity index (χ1) is 11.7. The number of nitrogens with zero attached hydrogens (tertiary/aromatic N) is 4. The first kappa shape index (κ1) is 19.8. The Balaban J connectivity index is 2.21. The predicted molar refractivity (Wildman–Crippen MR) is 106 cm³/mol. The van der Waals surface area contributed by atoms with Gasteiger partial charge in [0.25, 0.3) is 0 Å². The Bertz CT molecular complexity index is 738. The number of nitrogen functional groups attached to an aromatic ring is 1. The SMILES string of the molecule is CC(Sc1nnc(-c2ccccc2Br)n1N)C(=O)N(C(C)C)C(C)C. The maximum atomic E-state index is 12.8. The third-order valence-corrected chi connectivity index (χ3v) is 5.51. The number of hydrogen-bond donors (Lipinski definition) is 1. The highest BCUT2D eigenvalue weighted by atomic mass is 79.9. The molecule has 2 rings (SSSR count). The van der Waals surface area contributed by atoms with Gasteiger partial charge in [-0.25, -0.2) is 4.68 Å². The molecule has 1 unspecified atom stereocenters. The van der Waals surface area contributed by atoms with Crippen molar-refractivity contribution in [2.24, 2.45) is 0 Å². The van der Waals surface area contributed by atoms with Crippen LogP contribution in [0, 0.1) is 0 Å². The Labute approximate surface area is 161 Å². The van der Waals surface area contributed by atoms with Gasteiger partial charge in [0.15, 0.2) is 5.82 Å². The molecule has 1 amide bonds. The lowest BCUT2D eigenvalue weighted by molar-refractivity contribution is -0.133. The number of carbonyl (C=O) groups excluding carboxylic acids is 1. The van der Waals surface area contributed by atoms with E-state index in [1.54, 1.807) is 0 Å². The molecule has 0 saturated carbocycles. The summed E-state index contributed by atoms with van der Waals surface area (Å²) in [5, 5.41) is 8.56. The normalized spacial score (nSPS) is 12.6. The average Bonchev–Trinajstić information content (AvgIpc) is 2.88. The Morgan fingerprint density at radius 3 is 2.32 bits per heavy atom. The third kappa shape index (κ3) is 4.36. The molecule has 0 spiro atoms. The minimum Gasteiger partial charge on any atom is -0.337 e. The fraction of sp³-hybridized carbons (Fsp3) is 0.471. The number of hydrogen-bond acceptors (Lipinski definition) is 5. The second-order valence-corrected chi connectivity index (χ2v) is 8.51. The van der Waals surface area contributed by atoms with E-state index in [-0.39, 0.29) is 23.2 Å². The Morgan fingerprint density at radius 1 is 1.16 bits per heavy atom. The quantitative estimate of drug-likeness (QED) is 0.565. The summed E-state index contributed by atoms with van der Waals surface area (Å²) in [6.45, 7) is 9.95. The van der Waals surface area contributed by atoms with E-state index < -0.39 is 0 Å². The zero-order valence-electron chi connectivity index (χ0n) is 15.1. The van der Waals surface area contributed by atoms with Gasteiger partial charge >= 0.3 is 0 Å². The van der Waals surface area contributed by atoms with Crippen LogP contribution in [-0.4, -0.2) is 43.0 Å². The molecule has 0 aliphatic carbocycles. The largest absolute Gasteiger partial charge is 0.337 e. The van der Waals surface area contributed by atoms with Gasteiger partial charge in [0.05, 0.1) is 5.25 Å². The molecular formula is C17H24BrN5OS. The van der Waals surface area contributed by atoms with Crippen LogP contribution < -0.4 is 5.84 Å². The highest BCUT2D eigenvalue weighted by Crippen LogP contribution is 2.30.